The van der Waals surface area contributed by atoms with Gasteiger partial charge >= 0.3 is 5.97 Å². The Morgan fingerprint density at radius 1 is 1.24 bits per heavy atom. The molecule has 0 bridgehead atoms. The van der Waals surface area contributed by atoms with E-state index in [1.807, 2.05) is 12.1 Å². The largest absolute Gasteiger partial charge is 0.508 e. The Morgan fingerprint density at radius 3 is 2.29 bits per heavy atom. The number of carboxylic acids is 1. The van der Waals surface area contributed by atoms with Crippen molar-refractivity contribution in [2.75, 3.05) is 0 Å². The van der Waals surface area contributed by atoms with Crippen LogP contribution in [0.3, 0.4) is 0 Å². The first-order valence-electron chi connectivity index (χ1n) is 7.23. The summed E-state index contributed by atoms with van der Waals surface area (Å²) >= 11 is 0. The number of hydrogen-bond acceptors (Lipinski definition) is 3. The lowest BCUT2D eigenvalue weighted by Gasteiger charge is -2.33. The van der Waals surface area contributed by atoms with Crippen LogP contribution in [-0.4, -0.2) is 22.2 Å². The molecular weight excluding hydrogens is 266 g/mol. The highest BCUT2D eigenvalue weighted by atomic mass is 16.4. The fourth-order valence-corrected chi connectivity index (χ4v) is 2.92. The lowest BCUT2D eigenvalue weighted by atomic mass is 9.72. The van der Waals surface area contributed by atoms with Crippen LogP contribution in [0.5, 0.6) is 5.75 Å². The van der Waals surface area contributed by atoms with Gasteiger partial charge in [0.25, 0.3) is 0 Å². The zero-order valence-electron chi connectivity index (χ0n) is 13.6. The summed E-state index contributed by atoms with van der Waals surface area (Å²) in [6.45, 7) is 10.9. The molecule has 0 amide bonds. The molecule has 0 aliphatic heterocycles. The van der Waals surface area contributed by atoms with Crippen LogP contribution in [0.25, 0.3) is 0 Å². The summed E-state index contributed by atoms with van der Waals surface area (Å²) in [5, 5.41) is 18.8. The SMILES string of the molecule is CC(C)(C)CC(C)(C)c1ccc(O)c(CC(N)C(=O)O)c1. The molecular formula is C17H27NO3. The van der Waals surface area contributed by atoms with Crippen LogP contribution in [0.2, 0.25) is 0 Å². The average molecular weight is 293 g/mol. The van der Waals surface area contributed by atoms with E-state index < -0.39 is 12.0 Å². The monoisotopic (exact) mass is 293 g/mol. The van der Waals surface area contributed by atoms with Crippen LogP contribution in [-0.2, 0) is 16.6 Å². The van der Waals surface area contributed by atoms with Gasteiger partial charge in [-0.2, -0.15) is 0 Å². The van der Waals surface area contributed by atoms with Crippen molar-refractivity contribution in [3.05, 3.63) is 29.3 Å². The fourth-order valence-electron chi connectivity index (χ4n) is 2.92. The average Bonchev–Trinajstić information content (AvgIpc) is 2.28. The minimum atomic E-state index is -1.06. The first-order valence-corrected chi connectivity index (χ1v) is 7.23. The Balaban J connectivity index is 3.08. The highest BCUT2D eigenvalue weighted by molar-refractivity contribution is 5.73. The Labute approximate surface area is 127 Å². The van der Waals surface area contributed by atoms with E-state index in [0.717, 1.165) is 12.0 Å². The summed E-state index contributed by atoms with van der Waals surface area (Å²) in [6.07, 6.45) is 1.11. The number of rotatable bonds is 5. The molecule has 4 nitrogen and oxygen atoms in total. The molecule has 0 radical (unpaired) electrons. The third kappa shape index (κ3) is 5.05. The van der Waals surface area contributed by atoms with Crippen LogP contribution in [0.15, 0.2) is 18.2 Å². The maximum atomic E-state index is 10.9. The molecule has 1 unspecified atom stereocenters. The number of hydrogen-bond donors (Lipinski definition) is 3. The van der Waals surface area contributed by atoms with Gasteiger partial charge in [0.2, 0.25) is 0 Å². The number of benzene rings is 1. The molecule has 1 atom stereocenters. The van der Waals surface area contributed by atoms with E-state index in [9.17, 15) is 9.90 Å². The lowest BCUT2D eigenvalue weighted by molar-refractivity contribution is -0.138. The standard InChI is InChI=1S/C17H27NO3/c1-16(2,3)10-17(4,5)12-6-7-14(19)11(8-12)9-13(18)15(20)21/h6-8,13,19H,9-10,18H2,1-5H3,(H,20,21). The first kappa shape index (κ1) is 17.5. The third-order valence-corrected chi connectivity index (χ3v) is 3.59. The van der Waals surface area contributed by atoms with Gasteiger partial charge in [-0.1, -0.05) is 46.8 Å². The van der Waals surface area contributed by atoms with Gasteiger partial charge in [0.05, 0.1) is 0 Å². The normalized spacial score (nSPS) is 14.0. The molecule has 1 aromatic rings. The van der Waals surface area contributed by atoms with Crippen molar-refractivity contribution in [3.63, 3.8) is 0 Å². The third-order valence-electron chi connectivity index (χ3n) is 3.59. The lowest BCUT2D eigenvalue weighted by Crippen LogP contribution is -2.32. The molecule has 4 N–H and O–H groups in total. The second-order valence-corrected chi connectivity index (χ2v) is 7.61. The summed E-state index contributed by atoms with van der Waals surface area (Å²) in [6, 6.07) is 4.40. The number of nitrogens with two attached hydrogens (primary N) is 1. The van der Waals surface area contributed by atoms with Crippen molar-refractivity contribution in [3.8, 4) is 5.75 Å². The van der Waals surface area contributed by atoms with Crippen molar-refractivity contribution in [1.29, 1.82) is 0 Å². The quantitative estimate of drug-likeness (QED) is 0.779. The number of aromatic hydroxyl groups is 1. The summed E-state index contributed by atoms with van der Waals surface area (Å²) < 4.78 is 0. The van der Waals surface area contributed by atoms with E-state index in [2.05, 4.69) is 34.6 Å². The van der Waals surface area contributed by atoms with E-state index in [1.165, 1.54) is 0 Å². The zero-order valence-corrected chi connectivity index (χ0v) is 13.6. The minimum Gasteiger partial charge on any atom is -0.508 e. The molecule has 21 heavy (non-hydrogen) atoms. The molecule has 0 saturated heterocycles. The van der Waals surface area contributed by atoms with Crippen LogP contribution >= 0.6 is 0 Å². The number of carboxylic acid groups (broad SMARTS) is 1. The van der Waals surface area contributed by atoms with Crippen molar-refractivity contribution in [1.82, 2.24) is 0 Å². The summed E-state index contributed by atoms with van der Waals surface area (Å²) in [4.78, 5) is 10.9. The van der Waals surface area contributed by atoms with Gasteiger partial charge in [-0.05, 0) is 34.4 Å². The summed E-state index contributed by atoms with van der Waals surface area (Å²) in [7, 11) is 0. The van der Waals surface area contributed by atoms with Crippen LogP contribution < -0.4 is 5.73 Å². The molecule has 1 rings (SSSR count). The Kier molecular flexibility index (Phi) is 5.05. The van der Waals surface area contributed by atoms with Gasteiger partial charge in [-0.15, -0.1) is 0 Å². The Bertz CT molecular complexity index is 515. The molecule has 0 fully saturated rings. The van der Waals surface area contributed by atoms with Crippen molar-refractivity contribution in [2.45, 2.75) is 58.9 Å². The fraction of sp³-hybridized carbons (Fsp3) is 0.588. The molecule has 0 spiro atoms. The van der Waals surface area contributed by atoms with Crippen LogP contribution in [0, 0.1) is 5.41 Å². The second-order valence-electron chi connectivity index (χ2n) is 7.61. The number of carbonyl (C=O) groups is 1. The molecule has 0 heterocycles. The van der Waals surface area contributed by atoms with Crippen molar-refractivity contribution < 1.29 is 15.0 Å². The topological polar surface area (TPSA) is 83.5 Å². The minimum absolute atomic E-state index is 0.0615. The summed E-state index contributed by atoms with van der Waals surface area (Å²) in [5.41, 5.74) is 7.36. The first-order chi connectivity index (χ1) is 9.42. The highest BCUT2D eigenvalue weighted by Crippen LogP contribution is 2.37. The molecule has 0 saturated carbocycles. The molecule has 0 aliphatic rings. The Morgan fingerprint density at radius 2 is 1.81 bits per heavy atom. The van der Waals surface area contributed by atoms with Gasteiger partial charge in [-0.25, -0.2) is 0 Å². The zero-order chi connectivity index (χ0) is 16.4. The molecule has 4 heteroatoms. The van der Waals surface area contributed by atoms with Gasteiger partial charge in [0, 0.05) is 6.42 Å². The molecule has 0 aliphatic carbocycles. The number of phenols is 1. The number of phenolic OH excluding ortho intramolecular Hbond substituents is 1. The molecule has 1 aromatic carbocycles. The molecule has 0 aromatic heterocycles. The predicted octanol–water partition coefficient (Wildman–Crippen LogP) is 3.06. The maximum absolute atomic E-state index is 10.9. The van der Waals surface area contributed by atoms with Crippen LogP contribution in [0.4, 0.5) is 0 Å². The maximum Gasteiger partial charge on any atom is 0.320 e. The van der Waals surface area contributed by atoms with E-state index in [4.69, 9.17) is 10.8 Å². The van der Waals surface area contributed by atoms with E-state index >= 15 is 0 Å². The Hall–Kier alpha value is -1.55. The summed E-state index contributed by atoms with van der Waals surface area (Å²) in [5.74, 6) is -0.962. The smallest absolute Gasteiger partial charge is 0.320 e. The van der Waals surface area contributed by atoms with Gasteiger partial charge in [0.1, 0.15) is 11.8 Å². The van der Waals surface area contributed by atoms with Crippen molar-refractivity contribution in [2.24, 2.45) is 11.1 Å². The van der Waals surface area contributed by atoms with Gasteiger partial charge in [0.15, 0.2) is 0 Å². The van der Waals surface area contributed by atoms with Gasteiger partial charge < -0.3 is 15.9 Å². The van der Waals surface area contributed by atoms with E-state index in [0.29, 0.717) is 5.56 Å². The van der Waals surface area contributed by atoms with E-state index in [1.54, 1.807) is 6.07 Å². The van der Waals surface area contributed by atoms with Gasteiger partial charge in [-0.3, -0.25) is 4.79 Å². The van der Waals surface area contributed by atoms with Crippen LogP contribution in [0.1, 0.15) is 52.2 Å². The molecule has 118 valence electrons. The number of aliphatic carboxylic acids is 1. The second kappa shape index (κ2) is 6.06. The van der Waals surface area contributed by atoms with E-state index in [-0.39, 0.29) is 23.0 Å². The highest BCUT2D eigenvalue weighted by Gasteiger charge is 2.28. The van der Waals surface area contributed by atoms with Crippen molar-refractivity contribution >= 4 is 5.97 Å². The predicted molar refractivity (Wildman–Crippen MR) is 84.5 cm³/mol.